The molecule has 0 radical (unpaired) electrons. The van der Waals surface area contributed by atoms with Crippen LogP contribution in [0.3, 0.4) is 0 Å². The average Bonchev–Trinajstić information content (AvgIpc) is 2.82. The monoisotopic (exact) mass is 435 g/mol. The third-order valence-corrected chi connectivity index (χ3v) is 6.07. The van der Waals surface area contributed by atoms with Gasteiger partial charge in [0, 0.05) is 0 Å². The topological polar surface area (TPSA) is 90.3 Å². The first kappa shape index (κ1) is 20.8. The summed E-state index contributed by atoms with van der Waals surface area (Å²) in [7, 11) is 0. The lowest BCUT2D eigenvalue weighted by atomic mass is 9.90. The van der Waals surface area contributed by atoms with Crippen LogP contribution in [0.1, 0.15) is 41.5 Å². The van der Waals surface area contributed by atoms with Crippen molar-refractivity contribution in [3.8, 4) is 6.07 Å². The van der Waals surface area contributed by atoms with Crippen LogP contribution in [0.25, 0.3) is 0 Å². The lowest BCUT2D eigenvalue weighted by molar-refractivity contribution is -0.123. The van der Waals surface area contributed by atoms with Crippen molar-refractivity contribution in [1.29, 1.82) is 5.26 Å². The first-order chi connectivity index (χ1) is 12.0. The molecule has 1 aliphatic heterocycles. The van der Waals surface area contributed by atoms with Gasteiger partial charge in [0.25, 0.3) is 11.8 Å². The molecule has 0 aromatic heterocycles. The number of nitriles is 1. The highest BCUT2D eigenvalue weighted by molar-refractivity contribution is 6.55. The molecule has 26 heavy (non-hydrogen) atoms. The molecule has 3 amide bonds. The fraction of sp³-hybridized carbons (Fsp3) is 0.375. The number of fused-ring (bicyclic) bond motifs is 1. The van der Waals surface area contributed by atoms with Crippen LogP contribution in [0.5, 0.6) is 0 Å². The van der Waals surface area contributed by atoms with Crippen LogP contribution in [-0.2, 0) is 4.79 Å². The number of imide groups is 1. The van der Waals surface area contributed by atoms with Gasteiger partial charge >= 0.3 is 0 Å². The van der Waals surface area contributed by atoms with Gasteiger partial charge in [-0.2, -0.15) is 5.26 Å². The zero-order valence-corrected chi connectivity index (χ0v) is 16.9. The van der Waals surface area contributed by atoms with Crippen molar-refractivity contribution in [2.24, 2.45) is 5.92 Å². The number of carbonyl (C=O) groups excluding carboxylic acids is 3. The van der Waals surface area contributed by atoms with E-state index >= 15 is 0 Å². The standard InChI is InChI=1S/C16H13Cl4N3O3/c1-6(2)16(3,5-21)22-7(24)4-23-14(25)8-9(15(23)26)11(18)13(20)12(19)10(8)17/h6H,4H2,1-3H3,(H,22,24)/t16-/m1/s1. The number of amides is 3. The quantitative estimate of drug-likeness (QED) is 0.439. The fourth-order valence-electron chi connectivity index (χ4n) is 2.31. The van der Waals surface area contributed by atoms with Crippen LogP contribution in [0, 0.1) is 17.2 Å². The smallest absolute Gasteiger partial charge is 0.263 e. The van der Waals surface area contributed by atoms with Crippen LogP contribution >= 0.6 is 46.4 Å². The molecule has 0 fully saturated rings. The summed E-state index contributed by atoms with van der Waals surface area (Å²) in [6.45, 7) is 4.47. The molecule has 0 bridgehead atoms. The Hall–Kier alpha value is -1.52. The summed E-state index contributed by atoms with van der Waals surface area (Å²) in [5.74, 6) is -2.50. The maximum Gasteiger partial charge on any atom is 0.263 e. The maximum absolute atomic E-state index is 12.6. The number of hydrogen-bond acceptors (Lipinski definition) is 4. The summed E-state index contributed by atoms with van der Waals surface area (Å²) >= 11 is 23.9. The normalized spacial score (nSPS) is 15.7. The molecule has 2 rings (SSSR count). The lowest BCUT2D eigenvalue weighted by Crippen LogP contribution is -2.52. The minimum Gasteiger partial charge on any atom is -0.336 e. The van der Waals surface area contributed by atoms with E-state index in [9.17, 15) is 19.6 Å². The Morgan fingerprint density at radius 2 is 1.50 bits per heavy atom. The van der Waals surface area contributed by atoms with Gasteiger partial charge in [-0.25, -0.2) is 0 Å². The molecule has 0 unspecified atom stereocenters. The van der Waals surface area contributed by atoms with E-state index in [4.69, 9.17) is 46.4 Å². The lowest BCUT2D eigenvalue weighted by Gasteiger charge is -2.28. The Balaban J connectivity index is 2.35. The van der Waals surface area contributed by atoms with Crippen molar-refractivity contribution in [1.82, 2.24) is 10.2 Å². The number of nitrogens with zero attached hydrogens (tertiary/aromatic N) is 2. The van der Waals surface area contributed by atoms with E-state index in [0.29, 0.717) is 4.90 Å². The van der Waals surface area contributed by atoms with Crippen molar-refractivity contribution in [2.75, 3.05) is 6.54 Å². The highest BCUT2D eigenvalue weighted by atomic mass is 35.5. The second-order valence-corrected chi connectivity index (χ2v) is 7.73. The summed E-state index contributed by atoms with van der Waals surface area (Å²) in [5, 5.41) is 11.1. The summed E-state index contributed by atoms with van der Waals surface area (Å²) < 4.78 is 0. The number of benzene rings is 1. The third-order valence-electron chi connectivity index (χ3n) is 4.27. The van der Waals surface area contributed by atoms with Gasteiger partial charge in [0.1, 0.15) is 12.1 Å². The van der Waals surface area contributed by atoms with Gasteiger partial charge in [0.05, 0.1) is 37.3 Å². The second-order valence-electron chi connectivity index (χ2n) is 6.22. The Morgan fingerprint density at radius 3 is 1.85 bits per heavy atom. The average molecular weight is 437 g/mol. The van der Waals surface area contributed by atoms with Crippen molar-refractivity contribution in [3.63, 3.8) is 0 Å². The Morgan fingerprint density at radius 1 is 1.08 bits per heavy atom. The van der Waals surface area contributed by atoms with Crippen molar-refractivity contribution in [3.05, 3.63) is 31.2 Å². The number of hydrogen-bond donors (Lipinski definition) is 1. The SMILES string of the molecule is CC(C)[C@@](C)(C#N)NC(=O)CN1C(=O)c2c(Cl)c(Cl)c(Cl)c(Cl)c2C1=O. The molecule has 0 spiro atoms. The van der Waals surface area contributed by atoms with E-state index in [1.807, 2.05) is 6.07 Å². The molecule has 1 aromatic rings. The molecule has 6 nitrogen and oxygen atoms in total. The summed E-state index contributed by atoms with van der Waals surface area (Å²) in [4.78, 5) is 38.1. The molecule has 138 valence electrons. The Kier molecular flexibility index (Phi) is 5.79. The van der Waals surface area contributed by atoms with E-state index in [0.717, 1.165) is 0 Å². The van der Waals surface area contributed by atoms with Crippen molar-refractivity contribution in [2.45, 2.75) is 26.3 Å². The predicted molar refractivity (Wildman–Crippen MR) is 98.8 cm³/mol. The first-order valence-electron chi connectivity index (χ1n) is 7.40. The van der Waals surface area contributed by atoms with Crippen LogP contribution in [-0.4, -0.2) is 34.7 Å². The Bertz CT molecular complexity index is 832. The van der Waals surface area contributed by atoms with E-state index in [-0.39, 0.29) is 37.1 Å². The highest BCUT2D eigenvalue weighted by Crippen LogP contribution is 2.44. The van der Waals surface area contributed by atoms with Crippen LogP contribution in [0.15, 0.2) is 0 Å². The largest absolute Gasteiger partial charge is 0.336 e. The molecule has 0 saturated carbocycles. The van der Waals surface area contributed by atoms with Crippen LogP contribution in [0.4, 0.5) is 0 Å². The molecular formula is C16H13Cl4N3O3. The maximum atomic E-state index is 12.6. The molecule has 1 aromatic carbocycles. The minimum atomic E-state index is -1.16. The molecule has 1 atom stereocenters. The molecular weight excluding hydrogens is 424 g/mol. The number of nitrogens with one attached hydrogen (secondary N) is 1. The van der Waals surface area contributed by atoms with Crippen LogP contribution < -0.4 is 5.32 Å². The van der Waals surface area contributed by atoms with Gasteiger partial charge < -0.3 is 5.32 Å². The van der Waals surface area contributed by atoms with Gasteiger partial charge in [-0.1, -0.05) is 60.3 Å². The molecule has 10 heteroatoms. The van der Waals surface area contributed by atoms with Crippen molar-refractivity contribution >= 4 is 64.1 Å². The zero-order chi connectivity index (χ0) is 20.0. The van der Waals surface area contributed by atoms with E-state index in [1.165, 1.54) is 0 Å². The van der Waals surface area contributed by atoms with Crippen molar-refractivity contribution < 1.29 is 14.4 Å². The summed E-state index contributed by atoms with van der Waals surface area (Å²) in [6.07, 6.45) is 0. The van der Waals surface area contributed by atoms with Gasteiger partial charge in [-0.05, 0) is 12.8 Å². The minimum absolute atomic E-state index is 0.151. The van der Waals surface area contributed by atoms with Gasteiger partial charge in [0.15, 0.2) is 0 Å². The molecule has 1 N–H and O–H groups in total. The first-order valence-corrected chi connectivity index (χ1v) is 8.91. The number of carbonyl (C=O) groups is 3. The number of rotatable bonds is 4. The van der Waals surface area contributed by atoms with Gasteiger partial charge in [-0.3, -0.25) is 19.3 Å². The summed E-state index contributed by atoms with van der Waals surface area (Å²) in [5.41, 5.74) is -1.55. The predicted octanol–water partition coefficient (Wildman–Crippen LogP) is 3.95. The fourth-order valence-corrected chi connectivity index (χ4v) is 3.33. The van der Waals surface area contributed by atoms with E-state index in [1.54, 1.807) is 20.8 Å². The number of halogens is 4. The highest BCUT2D eigenvalue weighted by Gasteiger charge is 2.43. The molecule has 1 heterocycles. The second kappa shape index (κ2) is 7.24. The van der Waals surface area contributed by atoms with E-state index in [2.05, 4.69) is 5.32 Å². The van der Waals surface area contributed by atoms with E-state index < -0.39 is 29.8 Å². The zero-order valence-electron chi connectivity index (χ0n) is 13.9. The van der Waals surface area contributed by atoms with Gasteiger partial charge in [0.2, 0.25) is 5.91 Å². The summed E-state index contributed by atoms with van der Waals surface area (Å²) in [6, 6.07) is 2.01. The molecule has 1 aliphatic rings. The van der Waals surface area contributed by atoms with Gasteiger partial charge in [-0.15, -0.1) is 0 Å². The molecule has 0 aliphatic carbocycles. The third kappa shape index (κ3) is 3.25. The Labute approximate surface area is 169 Å². The van der Waals surface area contributed by atoms with Crippen LogP contribution in [0.2, 0.25) is 20.1 Å². The molecule has 0 saturated heterocycles.